The summed E-state index contributed by atoms with van der Waals surface area (Å²) in [6.45, 7) is 9.90. The second-order valence-corrected chi connectivity index (χ2v) is 3.14. The first-order valence-electron chi connectivity index (χ1n) is 4.56. The van der Waals surface area contributed by atoms with Crippen LogP contribution in [0, 0.1) is 6.92 Å². The Bertz CT molecular complexity index is 288. The van der Waals surface area contributed by atoms with Crippen molar-refractivity contribution in [2.45, 2.75) is 26.7 Å². The molecule has 0 amide bonds. The highest BCUT2D eigenvalue weighted by atomic mass is 14.6. The summed E-state index contributed by atoms with van der Waals surface area (Å²) < 4.78 is 0. The predicted molar refractivity (Wildman–Crippen MR) is 57.4 cm³/mol. The SMILES string of the molecule is [CH]c1c(N)c(CC)cc(CC)c1N. The van der Waals surface area contributed by atoms with Crippen LogP contribution in [0.4, 0.5) is 11.4 Å². The van der Waals surface area contributed by atoms with Crippen molar-refractivity contribution in [2.75, 3.05) is 11.5 Å². The van der Waals surface area contributed by atoms with Gasteiger partial charge in [0, 0.05) is 23.9 Å². The number of anilines is 2. The molecule has 0 fully saturated rings. The van der Waals surface area contributed by atoms with Gasteiger partial charge in [0.05, 0.1) is 0 Å². The smallest absolute Gasteiger partial charge is 0.0403 e. The fourth-order valence-corrected chi connectivity index (χ4v) is 1.44. The molecule has 4 N–H and O–H groups in total. The Morgan fingerprint density at radius 3 is 1.77 bits per heavy atom. The van der Waals surface area contributed by atoms with Gasteiger partial charge in [-0.2, -0.15) is 0 Å². The summed E-state index contributed by atoms with van der Waals surface area (Å²) in [6, 6.07) is 2.04. The molecule has 0 bridgehead atoms. The monoisotopic (exact) mass is 176 g/mol. The Morgan fingerprint density at radius 1 is 1.08 bits per heavy atom. The topological polar surface area (TPSA) is 52.0 Å². The van der Waals surface area contributed by atoms with E-state index in [-0.39, 0.29) is 0 Å². The molecule has 1 aromatic rings. The zero-order valence-electron chi connectivity index (χ0n) is 8.22. The van der Waals surface area contributed by atoms with Gasteiger partial charge in [0.2, 0.25) is 0 Å². The van der Waals surface area contributed by atoms with Gasteiger partial charge < -0.3 is 11.5 Å². The van der Waals surface area contributed by atoms with E-state index in [1.165, 1.54) is 0 Å². The summed E-state index contributed by atoms with van der Waals surface area (Å²) in [7, 11) is 0. The number of benzene rings is 1. The molecule has 0 aliphatic rings. The molecule has 0 heterocycles. The van der Waals surface area contributed by atoms with Crippen molar-refractivity contribution < 1.29 is 0 Å². The summed E-state index contributed by atoms with van der Waals surface area (Å²) in [6.07, 6.45) is 1.78. The lowest BCUT2D eigenvalue weighted by Crippen LogP contribution is -2.04. The van der Waals surface area contributed by atoms with Gasteiger partial charge in [0.15, 0.2) is 0 Å². The summed E-state index contributed by atoms with van der Waals surface area (Å²) >= 11 is 0. The van der Waals surface area contributed by atoms with Crippen molar-refractivity contribution >= 4 is 11.4 Å². The number of rotatable bonds is 2. The van der Waals surface area contributed by atoms with Gasteiger partial charge in [-0.25, -0.2) is 0 Å². The molecule has 70 valence electrons. The molecule has 0 unspecified atom stereocenters. The van der Waals surface area contributed by atoms with E-state index in [2.05, 4.69) is 13.8 Å². The highest BCUT2D eigenvalue weighted by Gasteiger charge is 2.08. The average molecular weight is 176 g/mol. The lowest BCUT2D eigenvalue weighted by atomic mass is 9.98. The molecule has 2 nitrogen and oxygen atoms in total. The minimum atomic E-state index is 0.538. The highest BCUT2D eigenvalue weighted by molar-refractivity contribution is 5.70. The summed E-state index contributed by atoms with van der Waals surface area (Å²) in [4.78, 5) is 0. The van der Waals surface area contributed by atoms with Crippen LogP contribution in [0.5, 0.6) is 0 Å². The van der Waals surface area contributed by atoms with E-state index in [0.29, 0.717) is 16.9 Å². The Hall–Kier alpha value is -1.18. The number of hydrogen-bond donors (Lipinski definition) is 2. The third-order valence-electron chi connectivity index (χ3n) is 2.38. The van der Waals surface area contributed by atoms with Crippen molar-refractivity contribution in [2.24, 2.45) is 0 Å². The van der Waals surface area contributed by atoms with Crippen LogP contribution in [0.1, 0.15) is 30.5 Å². The normalized spacial score (nSPS) is 10.4. The van der Waals surface area contributed by atoms with Gasteiger partial charge in [-0.3, -0.25) is 0 Å². The lowest BCUT2D eigenvalue weighted by Gasteiger charge is -2.13. The molecule has 0 saturated carbocycles. The summed E-state index contributed by atoms with van der Waals surface area (Å²) in [5, 5.41) is 0. The fourth-order valence-electron chi connectivity index (χ4n) is 1.44. The van der Waals surface area contributed by atoms with E-state index < -0.39 is 0 Å². The minimum Gasteiger partial charge on any atom is -0.398 e. The van der Waals surface area contributed by atoms with E-state index in [1.807, 2.05) is 6.07 Å². The van der Waals surface area contributed by atoms with Gasteiger partial charge in [-0.1, -0.05) is 19.9 Å². The van der Waals surface area contributed by atoms with Crippen LogP contribution in [0.15, 0.2) is 6.07 Å². The summed E-state index contributed by atoms with van der Waals surface area (Å²) in [5.74, 6) is 0. The second-order valence-electron chi connectivity index (χ2n) is 3.14. The molecule has 0 aromatic heterocycles. The predicted octanol–water partition coefficient (Wildman–Crippen LogP) is 2.03. The highest BCUT2D eigenvalue weighted by Crippen LogP contribution is 2.27. The Balaban J connectivity index is 3.36. The molecule has 2 radical (unpaired) electrons. The largest absolute Gasteiger partial charge is 0.398 e. The van der Waals surface area contributed by atoms with Crippen LogP contribution in [0.2, 0.25) is 0 Å². The molecule has 0 spiro atoms. The van der Waals surface area contributed by atoms with E-state index >= 15 is 0 Å². The van der Waals surface area contributed by atoms with Crippen LogP contribution in [-0.4, -0.2) is 0 Å². The van der Waals surface area contributed by atoms with Crippen molar-refractivity contribution in [3.63, 3.8) is 0 Å². The van der Waals surface area contributed by atoms with Crippen LogP contribution >= 0.6 is 0 Å². The Labute approximate surface area is 79.9 Å². The molecule has 13 heavy (non-hydrogen) atoms. The third-order valence-corrected chi connectivity index (χ3v) is 2.38. The second kappa shape index (κ2) is 3.69. The first-order valence-corrected chi connectivity index (χ1v) is 4.56. The molecule has 0 saturated heterocycles. The van der Waals surface area contributed by atoms with Crippen LogP contribution < -0.4 is 11.5 Å². The molecule has 2 heteroatoms. The van der Waals surface area contributed by atoms with Crippen LogP contribution in [0.3, 0.4) is 0 Å². The van der Waals surface area contributed by atoms with Gasteiger partial charge in [0.1, 0.15) is 0 Å². The minimum absolute atomic E-state index is 0.538. The van der Waals surface area contributed by atoms with Gasteiger partial charge in [-0.15, -0.1) is 0 Å². The molecule has 1 aromatic carbocycles. The number of hydrogen-bond acceptors (Lipinski definition) is 2. The average Bonchev–Trinajstić information content (AvgIpc) is 2.15. The first-order chi connectivity index (χ1) is 6.11. The van der Waals surface area contributed by atoms with E-state index in [0.717, 1.165) is 24.0 Å². The van der Waals surface area contributed by atoms with Gasteiger partial charge in [-0.05, 0) is 24.0 Å². The number of nitrogen functional groups attached to an aromatic ring is 2. The van der Waals surface area contributed by atoms with Crippen molar-refractivity contribution in [3.8, 4) is 0 Å². The van der Waals surface area contributed by atoms with Crippen molar-refractivity contribution in [3.05, 3.63) is 29.7 Å². The lowest BCUT2D eigenvalue weighted by molar-refractivity contribution is 1.09. The van der Waals surface area contributed by atoms with E-state index in [9.17, 15) is 0 Å². The summed E-state index contributed by atoms with van der Waals surface area (Å²) in [5.41, 5.74) is 15.6. The molecule has 0 atom stereocenters. The standard InChI is InChI=1S/C11H16N2/c1-4-8-6-9(5-2)11(13)7(3)10(8)12/h3,6H,4-5,12-13H2,1-2H3. The molecular weight excluding hydrogens is 160 g/mol. The molecule has 0 aliphatic carbocycles. The maximum Gasteiger partial charge on any atom is 0.0403 e. The van der Waals surface area contributed by atoms with Crippen molar-refractivity contribution in [1.82, 2.24) is 0 Å². The molecule has 1 rings (SSSR count). The van der Waals surface area contributed by atoms with E-state index in [4.69, 9.17) is 18.4 Å². The Morgan fingerprint density at radius 2 is 1.46 bits per heavy atom. The Kier molecular flexibility index (Phi) is 2.81. The quantitative estimate of drug-likeness (QED) is 0.677. The third kappa shape index (κ3) is 1.62. The van der Waals surface area contributed by atoms with Gasteiger partial charge in [0.25, 0.3) is 0 Å². The molecule has 0 aliphatic heterocycles. The van der Waals surface area contributed by atoms with Crippen LogP contribution in [-0.2, 0) is 12.8 Å². The van der Waals surface area contributed by atoms with Gasteiger partial charge >= 0.3 is 0 Å². The number of nitrogens with two attached hydrogens (primary N) is 2. The number of aryl methyl sites for hydroxylation is 2. The zero-order chi connectivity index (χ0) is 10.0. The maximum atomic E-state index is 5.81. The fraction of sp³-hybridized carbons (Fsp3) is 0.364. The van der Waals surface area contributed by atoms with E-state index in [1.54, 1.807) is 0 Å². The van der Waals surface area contributed by atoms with Crippen LogP contribution in [0.25, 0.3) is 0 Å². The molecular formula is C11H16N2. The first kappa shape index (κ1) is 9.90. The maximum absolute atomic E-state index is 5.81. The van der Waals surface area contributed by atoms with Crippen molar-refractivity contribution in [1.29, 1.82) is 0 Å². The zero-order valence-corrected chi connectivity index (χ0v) is 8.22.